The quantitative estimate of drug-likeness (QED) is 0.596. The van der Waals surface area contributed by atoms with Crippen LogP contribution in [0.5, 0.6) is 0 Å². The Hall–Kier alpha value is -0.530. The van der Waals surface area contributed by atoms with Gasteiger partial charge in [0.2, 0.25) is 0 Å². The summed E-state index contributed by atoms with van der Waals surface area (Å²) < 4.78 is 5.07. The zero-order valence-corrected chi connectivity index (χ0v) is 8.59. The predicted molar refractivity (Wildman–Crippen MR) is 49.9 cm³/mol. The summed E-state index contributed by atoms with van der Waals surface area (Å²) in [5.74, 6) is 0.820. The zero-order valence-electron chi connectivity index (χ0n) is 8.59. The van der Waals surface area contributed by atoms with Gasteiger partial charge in [-0.1, -0.05) is 34.1 Å². The molecule has 0 rings (SSSR count). The van der Waals surface area contributed by atoms with E-state index in [9.17, 15) is 4.79 Å². The van der Waals surface area contributed by atoms with E-state index in [1.807, 2.05) is 13.8 Å². The molecule has 72 valence electrons. The lowest BCUT2D eigenvalue weighted by Crippen LogP contribution is -2.12. The average Bonchev–Trinajstić information content (AvgIpc) is 1.99. The Bertz CT molecular complexity index is 130. The van der Waals surface area contributed by atoms with Gasteiger partial charge in [-0.15, -0.1) is 0 Å². The predicted octanol–water partition coefficient (Wildman–Crippen LogP) is 2.62. The van der Waals surface area contributed by atoms with Gasteiger partial charge in [-0.05, 0) is 11.8 Å². The molecule has 1 atom stereocenters. The second-order valence-corrected chi connectivity index (χ2v) is 3.79. The fourth-order valence-electron chi connectivity index (χ4n) is 0.745. The van der Waals surface area contributed by atoms with Gasteiger partial charge >= 0.3 is 5.97 Å². The van der Waals surface area contributed by atoms with Crippen molar-refractivity contribution in [1.29, 1.82) is 0 Å². The van der Waals surface area contributed by atoms with Crippen molar-refractivity contribution < 1.29 is 9.53 Å². The highest BCUT2D eigenvalue weighted by atomic mass is 16.5. The van der Waals surface area contributed by atoms with Crippen molar-refractivity contribution in [2.45, 2.75) is 40.5 Å². The molecule has 2 nitrogen and oxygen atoms in total. The Labute approximate surface area is 75.3 Å². The molecule has 0 N–H and O–H groups in total. The fraction of sp³-hybridized carbons (Fsp3) is 0.900. The molecule has 0 aromatic rings. The highest BCUT2D eigenvalue weighted by Crippen LogP contribution is 2.05. The van der Waals surface area contributed by atoms with Crippen LogP contribution in [-0.4, -0.2) is 12.6 Å². The molecule has 0 fully saturated rings. The average molecular weight is 172 g/mol. The van der Waals surface area contributed by atoms with Crippen LogP contribution in [0.3, 0.4) is 0 Å². The molecule has 0 aromatic carbocycles. The normalized spacial score (nSPS) is 13.1. The molecule has 0 radical (unpaired) electrons. The first-order chi connectivity index (χ1) is 5.56. The number of carbonyl (C=O) groups is 1. The van der Waals surface area contributed by atoms with Crippen molar-refractivity contribution in [3.63, 3.8) is 0 Å². The molecule has 0 saturated heterocycles. The molecule has 0 saturated carbocycles. The minimum Gasteiger partial charge on any atom is -0.465 e. The first-order valence-corrected chi connectivity index (χ1v) is 4.71. The summed E-state index contributed by atoms with van der Waals surface area (Å²) in [5, 5.41) is 0. The van der Waals surface area contributed by atoms with Crippen LogP contribution in [0, 0.1) is 11.8 Å². The maximum Gasteiger partial charge on any atom is 0.306 e. The van der Waals surface area contributed by atoms with Crippen LogP contribution in [0.1, 0.15) is 40.5 Å². The van der Waals surface area contributed by atoms with E-state index in [1.54, 1.807) is 0 Å². The Morgan fingerprint density at radius 2 is 1.92 bits per heavy atom. The maximum absolute atomic E-state index is 11.1. The molecule has 0 aromatic heterocycles. The monoisotopic (exact) mass is 172 g/mol. The maximum atomic E-state index is 11.1. The third kappa shape index (κ3) is 6.20. The number of hydrogen-bond acceptors (Lipinski definition) is 2. The second kappa shape index (κ2) is 6.04. The number of rotatable bonds is 5. The van der Waals surface area contributed by atoms with Crippen molar-refractivity contribution in [3.05, 3.63) is 0 Å². The van der Waals surface area contributed by atoms with Crippen molar-refractivity contribution in [2.24, 2.45) is 11.8 Å². The van der Waals surface area contributed by atoms with Crippen LogP contribution in [0.2, 0.25) is 0 Å². The van der Waals surface area contributed by atoms with Gasteiger partial charge in [-0.3, -0.25) is 4.79 Å². The van der Waals surface area contributed by atoms with Gasteiger partial charge in [0, 0.05) is 6.42 Å². The van der Waals surface area contributed by atoms with E-state index < -0.39 is 0 Å². The van der Waals surface area contributed by atoms with Crippen LogP contribution in [0.25, 0.3) is 0 Å². The van der Waals surface area contributed by atoms with Crippen LogP contribution in [-0.2, 0) is 9.53 Å². The van der Waals surface area contributed by atoms with E-state index >= 15 is 0 Å². The van der Waals surface area contributed by atoms with Crippen LogP contribution in [0.15, 0.2) is 0 Å². The molecular formula is C10H20O2. The molecule has 0 aliphatic rings. The van der Waals surface area contributed by atoms with Gasteiger partial charge < -0.3 is 4.74 Å². The van der Waals surface area contributed by atoms with Crippen molar-refractivity contribution in [3.8, 4) is 0 Å². The molecule has 0 bridgehead atoms. The van der Waals surface area contributed by atoms with Gasteiger partial charge in [0.1, 0.15) is 0 Å². The van der Waals surface area contributed by atoms with E-state index in [0.29, 0.717) is 24.9 Å². The van der Waals surface area contributed by atoms with Crippen molar-refractivity contribution >= 4 is 5.97 Å². The van der Waals surface area contributed by atoms with Gasteiger partial charge in [-0.25, -0.2) is 0 Å². The molecule has 0 aliphatic carbocycles. The second-order valence-electron chi connectivity index (χ2n) is 3.79. The lowest BCUT2D eigenvalue weighted by molar-refractivity contribution is -0.145. The Balaban J connectivity index is 3.44. The summed E-state index contributed by atoms with van der Waals surface area (Å²) in [6, 6.07) is 0. The number of carbonyl (C=O) groups excluding carboxylic acids is 1. The number of ether oxygens (including phenoxy) is 1. The molecule has 2 heteroatoms. The van der Waals surface area contributed by atoms with E-state index in [4.69, 9.17) is 4.74 Å². The Morgan fingerprint density at radius 1 is 1.33 bits per heavy atom. The SMILES string of the molecule is CC[C@H](C)COC(=O)CC(C)C. The van der Waals surface area contributed by atoms with Gasteiger partial charge in [0.25, 0.3) is 0 Å². The van der Waals surface area contributed by atoms with E-state index in [2.05, 4.69) is 13.8 Å². The van der Waals surface area contributed by atoms with Crippen LogP contribution >= 0.6 is 0 Å². The summed E-state index contributed by atoms with van der Waals surface area (Å²) in [4.78, 5) is 11.1. The van der Waals surface area contributed by atoms with Gasteiger partial charge in [0.05, 0.1) is 6.61 Å². The number of esters is 1. The van der Waals surface area contributed by atoms with Gasteiger partial charge in [-0.2, -0.15) is 0 Å². The van der Waals surface area contributed by atoms with Crippen molar-refractivity contribution in [1.82, 2.24) is 0 Å². The summed E-state index contributed by atoms with van der Waals surface area (Å²) >= 11 is 0. The largest absolute Gasteiger partial charge is 0.465 e. The highest BCUT2D eigenvalue weighted by molar-refractivity contribution is 5.69. The molecule has 0 aliphatic heterocycles. The lowest BCUT2D eigenvalue weighted by Gasteiger charge is -2.10. The highest BCUT2D eigenvalue weighted by Gasteiger charge is 2.07. The molecule has 12 heavy (non-hydrogen) atoms. The third-order valence-corrected chi connectivity index (χ3v) is 1.80. The third-order valence-electron chi connectivity index (χ3n) is 1.80. The molecule has 0 unspecified atom stereocenters. The van der Waals surface area contributed by atoms with Crippen molar-refractivity contribution in [2.75, 3.05) is 6.61 Å². The Kier molecular flexibility index (Phi) is 5.77. The molecule has 0 heterocycles. The summed E-state index contributed by atoms with van der Waals surface area (Å²) in [6.07, 6.45) is 1.60. The van der Waals surface area contributed by atoms with Gasteiger partial charge in [0.15, 0.2) is 0 Å². The molecule has 0 amide bonds. The van der Waals surface area contributed by atoms with Crippen LogP contribution in [0.4, 0.5) is 0 Å². The zero-order chi connectivity index (χ0) is 9.56. The summed E-state index contributed by atoms with van der Waals surface area (Å²) in [5.41, 5.74) is 0. The fourth-order valence-corrected chi connectivity index (χ4v) is 0.745. The smallest absolute Gasteiger partial charge is 0.306 e. The Morgan fingerprint density at radius 3 is 2.33 bits per heavy atom. The summed E-state index contributed by atoms with van der Waals surface area (Å²) in [7, 11) is 0. The molecule has 0 spiro atoms. The topological polar surface area (TPSA) is 26.3 Å². The minimum absolute atomic E-state index is 0.0645. The van der Waals surface area contributed by atoms with E-state index in [0.717, 1.165) is 6.42 Å². The first-order valence-electron chi connectivity index (χ1n) is 4.71. The standard InChI is InChI=1S/C10H20O2/c1-5-9(4)7-12-10(11)6-8(2)3/h8-9H,5-7H2,1-4H3/t9-/m0/s1. The van der Waals surface area contributed by atoms with E-state index in [-0.39, 0.29) is 5.97 Å². The first kappa shape index (κ1) is 11.5. The summed E-state index contributed by atoms with van der Waals surface area (Å²) in [6.45, 7) is 8.79. The number of hydrogen-bond donors (Lipinski definition) is 0. The lowest BCUT2D eigenvalue weighted by atomic mass is 10.1. The van der Waals surface area contributed by atoms with E-state index in [1.165, 1.54) is 0 Å². The molecular weight excluding hydrogens is 152 g/mol. The van der Waals surface area contributed by atoms with Crippen LogP contribution < -0.4 is 0 Å². The minimum atomic E-state index is -0.0645.